The molecule has 4 heterocycles. The van der Waals surface area contributed by atoms with Crippen LogP contribution in [-0.4, -0.2) is 70.1 Å². The van der Waals surface area contributed by atoms with Gasteiger partial charge in [0.2, 0.25) is 5.91 Å². The van der Waals surface area contributed by atoms with Gasteiger partial charge in [0.25, 0.3) is 12.0 Å². The van der Waals surface area contributed by atoms with Crippen LogP contribution in [0.5, 0.6) is 0 Å². The molecule has 12 heteroatoms. The molecule has 0 radical (unpaired) electrons. The molecule has 1 fully saturated rings. The summed E-state index contributed by atoms with van der Waals surface area (Å²) < 4.78 is 31.2. The first-order valence-electron chi connectivity index (χ1n) is 13.7. The zero-order chi connectivity index (χ0) is 29.3. The number of piperidine rings is 1. The van der Waals surface area contributed by atoms with E-state index in [0.29, 0.717) is 11.0 Å². The standard InChI is InChI=1S/C30H29F2N7O3/c31-27(32)25(38-14-4-13-34-38)17-26(40)36-15-11-30(42,12-16-36)19-37-20-33-28-24(29(37)41)18-35-39(28)23-9-7-22(8-10-23)21-5-2-1-3-6-21/h1-10,13-14,18,20,25,27,42H,11-12,15-17,19H2/t25-/m0/s1. The molecule has 1 aliphatic rings. The van der Waals surface area contributed by atoms with Gasteiger partial charge in [-0.15, -0.1) is 0 Å². The van der Waals surface area contributed by atoms with Gasteiger partial charge in [0.1, 0.15) is 17.8 Å². The van der Waals surface area contributed by atoms with Crippen LogP contribution in [0.2, 0.25) is 0 Å². The summed E-state index contributed by atoms with van der Waals surface area (Å²) in [5.74, 6) is -0.428. The van der Waals surface area contributed by atoms with Crippen molar-refractivity contribution < 1.29 is 18.7 Å². The van der Waals surface area contributed by atoms with E-state index in [-0.39, 0.29) is 38.0 Å². The molecule has 3 aromatic heterocycles. The van der Waals surface area contributed by atoms with Crippen molar-refractivity contribution in [2.24, 2.45) is 0 Å². The summed E-state index contributed by atoms with van der Waals surface area (Å²) in [6, 6.07) is 18.0. The number of benzene rings is 2. The van der Waals surface area contributed by atoms with Crippen molar-refractivity contribution in [3.05, 3.63) is 95.9 Å². The highest BCUT2D eigenvalue weighted by molar-refractivity contribution is 5.77. The minimum absolute atomic E-state index is 0.0132. The van der Waals surface area contributed by atoms with E-state index in [1.807, 2.05) is 54.6 Å². The molecule has 0 spiro atoms. The van der Waals surface area contributed by atoms with Crippen LogP contribution in [0.4, 0.5) is 8.78 Å². The summed E-state index contributed by atoms with van der Waals surface area (Å²) in [7, 11) is 0. The molecule has 0 saturated carbocycles. The van der Waals surface area contributed by atoms with Crippen molar-refractivity contribution >= 4 is 16.9 Å². The van der Waals surface area contributed by atoms with E-state index in [0.717, 1.165) is 21.5 Å². The molecule has 1 atom stereocenters. The van der Waals surface area contributed by atoms with Crippen LogP contribution >= 0.6 is 0 Å². The number of carbonyl (C=O) groups excluding carboxylic acids is 1. The SMILES string of the molecule is O=C(C[C@@H](C(F)F)n1cccn1)N1CCC(O)(Cn2cnc3c(cnn3-c3ccc(-c4ccccc4)cc3)c2=O)CC1. The molecule has 10 nitrogen and oxygen atoms in total. The topological polar surface area (TPSA) is 111 Å². The van der Waals surface area contributed by atoms with E-state index in [1.54, 1.807) is 4.68 Å². The lowest BCUT2D eigenvalue weighted by Gasteiger charge is -2.38. The number of rotatable bonds is 8. The van der Waals surface area contributed by atoms with Crippen molar-refractivity contribution in [1.29, 1.82) is 0 Å². The highest BCUT2D eigenvalue weighted by Crippen LogP contribution is 2.27. The largest absolute Gasteiger partial charge is 0.388 e. The van der Waals surface area contributed by atoms with Gasteiger partial charge >= 0.3 is 0 Å². The van der Waals surface area contributed by atoms with Gasteiger partial charge in [-0.25, -0.2) is 18.4 Å². The Bertz CT molecular complexity index is 1730. The molecule has 42 heavy (non-hydrogen) atoms. The average Bonchev–Trinajstić information content (AvgIpc) is 3.69. The second-order valence-electron chi connectivity index (χ2n) is 10.6. The predicted molar refractivity (Wildman–Crippen MR) is 151 cm³/mol. The maximum atomic E-state index is 13.6. The number of amides is 1. The summed E-state index contributed by atoms with van der Waals surface area (Å²) in [4.78, 5) is 32.1. The molecule has 0 bridgehead atoms. The first kappa shape index (κ1) is 27.5. The monoisotopic (exact) mass is 573 g/mol. The second-order valence-corrected chi connectivity index (χ2v) is 10.6. The van der Waals surface area contributed by atoms with Crippen LogP contribution in [0, 0.1) is 0 Å². The van der Waals surface area contributed by atoms with Gasteiger partial charge in [-0.05, 0) is 42.2 Å². The second kappa shape index (κ2) is 11.3. The first-order valence-corrected chi connectivity index (χ1v) is 13.7. The lowest BCUT2D eigenvalue weighted by Crippen LogP contribution is -2.50. The maximum Gasteiger partial charge on any atom is 0.264 e. The molecule has 0 aliphatic carbocycles. The smallest absolute Gasteiger partial charge is 0.264 e. The summed E-state index contributed by atoms with van der Waals surface area (Å²) in [5.41, 5.74) is 1.71. The fraction of sp³-hybridized carbons (Fsp3) is 0.300. The van der Waals surface area contributed by atoms with Gasteiger partial charge in [0.05, 0.1) is 30.5 Å². The van der Waals surface area contributed by atoms with Crippen LogP contribution in [-0.2, 0) is 11.3 Å². The Morgan fingerprint density at radius 3 is 2.36 bits per heavy atom. The molecule has 216 valence electrons. The number of hydrogen-bond donors (Lipinski definition) is 1. The van der Waals surface area contributed by atoms with E-state index < -0.39 is 30.4 Å². The Balaban J connectivity index is 1.13. The molecular formula is C30H29F2N7O3. The van der Waals surface area contributed by atoms with Gasteiger partial charge in [-0.2, -0.15) is 10.2 Å². The first-order chi connectivity index (χ1) is 20.3. The van der Waals surface area contributed by atoms with Gasteiger partial charge < -0.3 is 10.0 Å². The number of aliphatic hydroxyl groups is 1. The number of halogens is 2. The molecule has 1 aliphatic heterocycles. The highest BCUT2D eigenvalue weighted by atomic mass is 19.3. The summed E-state index contributed by atoms with van der Waals surface area (Å²) >= 11 is 0. The van der Waals surface area contributed by atoms with Crippen molar-refractivity contribution in [2.45, 2.75) is 43.9 Å². The van der Waals surface area contributed by atoms with Gasteiger partial charge in [-0.3, -0.25) is 18.8 Å². The van der Waals surface area contributed by atoms with E-state index in [4.69, 9.17) is 0 Å². The Kier molecular flexibility index (Phi) is 7.38. The molecule has 5 aromatic rings. The Labute approximate surface area is 239 Å². The maximum absolute atomic E-state index is 13.6. The molecule has 6 rings (SSSR count). The summed E-state index contributed by atoms with van der Waals surface area (Å²) in [6.07, 6.45) is 2.91. The number of fused-ring (bicyclic) bond motifs is 1. The van der Waals surface area contributed by atoms with E-state index in [1.165, 1.54) is 40.5 Å². The number of nitrogens with zero attached hydrogens (tertiary/aromatic N) is 7. The third-order valence-corrected chi connectivity index (χ3v) is 7.82. The number of hydrogen-bond acceptors (Lipinski definition) is 6. The number of carbonyl (C=O) groups is 1. The number of likely N-dealkylation sites (tertiary alicyclic amines) is 1. The highest BCUT2D eigenvalue weighted by Gasteiger charge is 2.36. The van der Waals surface area contributed by atoms with E-state index in [2.05, 4.69) is 15.2 Å². The third-order valence-electron chi connectivity index (χ3n) is 7.82. The molecule has 0 unspecified atom stereocenters. The van der Waals surface area contributed by atoms with Gasteiger partial charge in [0.15, 0.2) is 5.65 Å². The zero-order valence-corrected chi connectivity index (χ0v) is 22.6. The fourth-order valence-electron chi connectivity index (χ4n) is 5.41. The predicted octanol–water partition coefficient (Wildman–Crippen LogP) is 3.70. The van der Waals surface area contributed by atoms with E-state index >= 15 is 0 Å². The molecule has 1 saturated heterocycles. The van der Waals surface area contributed by atoms with Crippen LogP contribution in [0.1, 0.15) is 25.3 Å². The Hall–Kier alpha value is -4.71. The van der Waals surface area contributed by atoms with Gasteiger partial charge in [-0.1, -0.05) is 42.5 Å². The fourth-order valence-corrected chi connectivity index (χ4v) is 5.41. The van der Waals surface area contributed by atoms with Crippen molar-refractivity contribution in [3.8, 4) is 16.8 Å². The Morgan fingerprint density at radius 2 is 1.69 bits per heavy atom. The lowest BCUT2D eigenvalue weighted by atomic mass is 9.91. The van der Waals surface area contributed by atoms with Crippen LogP contribution in [0.15, 0.2) is 90.4 Å². The zero-order valence-electron chi connectivity index (χ0n) is 22.6. The van der Waals surface area contributed by atoms with Crippen LogP contribution < -0.4 is 5.56 Å². The quantitative estimate of drug-likeness (QED) is 0.303. The molecule has 2 aromatic carbocycles. The van der Waals surface area contributed by atoms with Crippen molar-refractivity contribution in [1.82, 2.24) is 34.0 Å². The summed E-state index contributed by atoms with van der Waals surface area (Å²) in [6.45, 7) is 0.359. The third kappa shape index (κ3) is 5.45. The van der Waals surface area contributed by atoms with Crippen LogP contribution in [0.3, 0.4) is 0 Å². The molecular weight excluding hydrogens is 544 g/mol. The minimum Gasteiger partial charge on any atom is -0.388 e. The number of alkyl halides is 2. The van der Waals surface area contributed by atoms with Crippen LogP contribution in [0.25, 0.3) is 27.8 Å². The normalized spacial score (nSPS) is 15.8. The average molecular weight is 574 g/mol. The van der Waals surface area contributed by atoms with Gasteiger partial charge in [0, 0.05) is 25.5 Å². The van der Waals surface area contributed by atoms with Crippen molar-refractivity contribution in [2.75, 3.05) is 13.1 Å². The number of aromatic nitrogens is 6. The minimum atomic E-state index is -2.75. The molecule has 1 N–H and O–H groups in total. The lowest BCUT2D eigenvalue weighted by molar-refractivity contribution is -0.138. The Morgan fingerprint density at radius 1 is 0.976 bits per heavy atom. The molecule has 1 amide bonds. The summed E-state index contributed by atoms with van der Waals surface area (Å²) in [5, 5.41) is 19.8. The van der Waals surface area contributed by atoms with E-state index in [9.17, 15) is 23.5 Å². The van der Waals surface area contributed by atoms with Crippen molar-refractivity contribution in [3.63, 3.8) is 0 Å².